The number of hydrogen-bond donors (Lipinski definition) is 4. The summed E-state index contributed by atoms with van der Waals surface area (Å²) < 4.78 is 148. The molecule has 0 aromatic heterocycles. The van der Waals surface area contributed by atoms with Gasteiger partial charge in [0.25, 0.3) is 0 Å². The summed E-state index contributed by atoms with van der Waals surface area (Å²) in [5.74, 6) is -9.55. The summed E-state index contributed by atoms with van der Waals surface area (Å²) in [6.07, 6.45) is 6.80. The topological polar surface area (TPSA) is 423 Å². The Hall–Kier alpha value is -11.1. The Morgan fingerprint density at radius 3 is 1.21 bits per heavy atom. The molecule has 6 N–H and O–H groups in total. The van der Waals surface area contributed by atoms with Crippen LogP contribution in [0.5, 0.6) is 0 Å². The molecule has 4 aliphatic carbocycles. The molecule has 0 radical (unpaired) electrons. The molecular weight excluding hydrogens is 2110 g/mol. The van der Waals surface area contributed by atoms with Crippen LogP contribution in [0, 0.1) is 83.8 Å². The van der Waals surface area contributed by atoms with Gasteiger partial charge < -0.3 is 79.8 Å². The highest BCUT2D eigenvalue weighted by molar-refractivity contribution is 14.1. The van der Waals surface area contributed by atoms with E-state index in [9.17, 15) is 80.4 Å². The third kappa shape index (κ3) is 25.8. The van der Waals surface area contributed by atoms with Crippen LogP contribution in [-0.2, 0) is 54.0 Å². The fraction of sp³-hybridized carbons (Fsp3) is 0.432. The SMILES string of the molecule is CCc1c(N2CCC(F)(CC)C2)c(F)cc(C(=O)OC)c1N(C(C)=O)C1CC1.COC(=O)c1cc(F)c(Br)c(C#N)c1N.COC(=O)c1cc(F)c(Br)c(C#N)c1N(C(C)=O)C1CC1.COC(=O)c1cc(F)c(Br)c(C#N)c1NC1CC1.COC(=O)c1cc(F)c(Br)c(I)c1N.COC(=O)c1cc(F)c(N2CCC(F)(CNC(=O)OC(C)(C)C)C2)c(C#N)c1N(C(C)=O)C1CC1. The van der Waals surface area contributed by atoms with E-state index in [2.05, 4.69) is 93.3 Å². The van der Waals surface area contributed by atoms with Crippen LogP contribution in [0.3, 0.4) is 0 Å². The standard InChI is InChI=1S/C24H30F2N4O5.C21H28F2N2O3.C14H12BrFN2O3.C12H10BrFN2O2.C9H6BrFN2O2.C8H6BrFINO2/c1-14(31)30(15-6-7-15)19-16(21(32)34-5)10-18(25)20(17(19)11-27)29-9-8-24(26,13-29)12-28-22(33)35-23(2,3)4;1-5-15-18(25(13(3)26)14-7-8-14)16(20(27)28-4)11-17(22)19(15)24-10-9-21(23,6-2)12-24;1-7(19)18(8-3-4-8)13-9(14(20)21-2)5-11(16)12(15)10(13)6-17;1-18-12(17)7-4-9(14)10(13)8(5-15)11(7)16-6-2-3-6;1-15-9(14)4-2-6(11)7(10)5(3-12)8(4)13;1-14-8(13)3-2-4(10)5(9)6(11)7(3)12/h10,15H,6-9,12-13H2,1-5H3,(H,28,33);11,14H,5-10,12H2,1-4H3;5,8H,3-4H2,1-2H3;4,6,16H,2-3H2,1H3;2H,13H2,1H3;2H,12H2,1H3. The maximum Gasteiger partial charge on any atom is 0.407 e. The molecule has 4 amide bonds. The van der Waals surface area contributed by atoms with Gasteiger partial charge in [0.2, 0.25) is 17.7 Å². The Labute approximate surface area is 796 Å². The number of nitrogens with zero attached hydrogens (tertiary/aromatic N) is 9. The number of amides is 4. The highest BCUT2D eigenvalue weighted by Crippen LogP contribution is 2.48. The Kier molecular flexibility index (Phi) is 37.4. The normalized spacial score (nSPS) is 16.1. The molecule has 6 aromatic carbocycles. The number of esters is 6. The van der Waals surface area contributed by atoms with Crippen LogP contribution in [0.2, 0.25) is 0 Å². The predicted octanol–water partition coefficient (Wildman–Crippen LogP) is 17.4. The Bertz CT molecular complexity index is 5680. The molecule has 30 nitrogen and oxygen atoms in total. The number of benzene rings is 6. The number of carbonyl (C=O) groups is 10. The lowest BCUT2D eigenvalue weighted by molar-refractivity contribution is -0.117. The second-order valence-corrected chi connectivity index (χ2v) is 35.6. The first-order valence-corrected chi connectivity index (χ1v) is 44.4. The monoisotopic (exact) mass is 2200 g/mol. The number of halogens is 13. The van der Waals surface area contributed by atoms with Gasteiger partial charge in [-0.05, 0) is 208 Å². The molecule has 0 bridgehead atoms. The zero-order chi connectivity index (χ0) is 98.2. The molecule has 131 heavy (non-hydrogen) atoms. The molecule has 2 aliphatic heterocycles. The van der Waals surface area contributed by atoms with Crippen LogP contribution in [0.25, 0.3) is 0 Å². The lowest BCUT2D eigenvalue weighted by Crippen LogP contribution is -2.43. The van der Waals surface area contributed by atoms with Gasteiger partial charge in [0.05, 0.1) is 179 Å². The number of nitrogen functional groups attached to an aromatic ring is 2. The summed E-state index contributed by atoms with van der Waals surface area (Å²) >= 11 is 13.8. The molecule has 2 atom stereocenters. The quantitative estimate of drug-likeness (QED) is 0.0138. The molecule has 43 heteroatoms. The highest BCUT2D eigenvalue weighted by Gasteiger charge is 2.46. The minimum Gasteiger partial charge on any atom is -0.465 e. The Balaban J connectivity index is 0.000000222. The number of alkyl carbamates (subject to hydrolysis) is 1. The van der Waals surface area contributed by atoms with E-state index >= 15 is 13.2 Å². The first-order chi connectivity index (χ1) is 61.6. The third-order valence-corrected chi connectivity index (χ3v) is 25.8. The van der Waals surface area contributed by atoms with Gasteiger partial charge in [-0.3, -0.25) is 14.4 Å². The minimum absolute atomic E-state index is 0.000923. The van der Waals surface area contributed by atoms with Crippen molar-refractivity contribution in [1.82, 2.24) is 5.32 Å². The molecule has 6 fully saturated rings. The minimum atomic E-state index is -1.91. The molecule has 4 saturated carbocycles. The van der Waals surface area contributed by atoms with E-state index in [1.165, 1.54) is 56.8 Å². The number of methoxy groups -OCH3 is 6. The van der Waals surface area contributed by atoms with E-state index in [1.54, 1.807) is 43.6 Å². The number of ether oxygens (including phenoxy) is 7. The van der Waals surface area contributed by atoms with Crippen LogP contribution in [-0.4, -0.2) is 176 Å². The maximum atomic E-state index is 15.5. The van der Waals surface area contributed by atoms with E-state index in [0.29, 0.717) is 64.8 Å². The molecule has 2 heterocycles. The molecule has 2 unspecified atom stereocenters. The molecule has 0 spiro atoms. The molecule has 702 valence electrons. The van der Waals surface area contributed by atoms with Crippen LogP contribution >= 0.6 is 86.3 Å². The first kappa shape index (κ1) is 107. The smallest absolute Gasteiger partial charge is 0.407 e. The Morgan fingerprint density at radius 2 is 0.817 bits per heavy atom. The summed E-state index contributed by atoms with van der Waals surface area (Å²) in [5.41, 5.74) is 7.97. The zero-order valence-corrected chi connectivity index (χ0v) is 81.8. The maximum absolute atomic E-state index is 15.5. The number of hydrogen-bond acceptors (Lipinski definition) is 26. The van der Waals surface area contributed by atoms with Crippen LogP contribution in [0.4, 0.5) is 85.4 Å². The van der Waals surface area contributed by atoms with Gasteiger partial charge in [0.15, 0.2) is 0 Å². The van der Waals surface area contributed by atoms with Crippen molar-refractivity contribution in [1.29, 1.82) is 21.0 Å². The summed E-state index contributed by atoms with van der Waals surface area (Å²) in [6, 6.07) is 13.4. The molecular formula is C88H92Br4F8IN13O17. The van der Waals surface area contributed by atoms with E-state index in [0.717, 1.165) is 96.3 Å². The van der Waals surface area contributed by atoms with Gasteiger partial charge in [-0.15, -0.1) is 0 Å². The van der Waals surface area contributed by atoms with Crippen molar-refractivity contribution in [2.24, 2.45) is 0 Å². The van der Waals surface area contributed by atoms with Crippen molar-refractivity contribution in [3.8, 4) is 24.3 Å². The average molecular weight is 2200 g/mol. The van der Waals surface area contributed by atoms with Crippen molar-refractivity contribution in [2.45, 2.75) is 174 Å². The van der Waals surface area contributed by atoms with Gasteiger partial charge >= 0.3 is 41.9 Å². The lowest BCUT2D eigenvalue weighted by atomic mass is 9.99. The largest absolute Gasteiger partial charge is 0.465 e. The van der Waals surface area contributed by atoms with Crippen LogP contribution in [0.1, 0.15) is 216 Å². The number of nitrogens with two attached hydrogens (primary N) is 2. The van der Waals surface area contributed by atoms with E-state index in [4.69, 9.17) is 36.2 Å². The van der Waals surface area contributed by atoms with Crippen LogP contribution in [0.15, 0.2) is 54.3 Å². The number of nitrogens with one attached hydrogen (secondary N) is 2. The first-order valence-electron chi connectivity index (χ1n) is 40.1. The second kappa shape index (κ2) is 45.8. The fourth-order valence-electron chi connectivity index (χ4n) is 14.0. The van der Waals surface area contributed by atoms with Gasteiger partial charge in [-0.2, -0.15) is 21.0 Å². The van der Waals surface area contributed by atoms with Crippen molar-refractivity contribution >= 4 is 191 Å². The number of carbonyl (C=O) groups excluding carboxylic acids is 10. The van der Waals surface area contributed by atoms with Crippen molar-refractivity contribution in [2.75, 3.05) is 117 Å². The number of rotatable bonds is 20. The molecule has 12 rings (SSSR count). The summed E-state index contributed by atoms with van der Waals surface area (Å²) in [7, 11) is 7.09. The third-order valence-electron chi connectivity index (χ3n) is 20.9. The zero-order valence-electron chi connectivity index (χ0n) is 73.3. The van der Waals surface area contributed by atoms with Gasteiger partial charge in [-0.1, -0.05) is 13.8 Å². The van der Waals surface area contributed by atoms with Crippen molar-refractivity contribution < 1.29 is 116 Å². The van der Waals surface area contributed by atoms with E-state index in [-0.39, 0.29) is 171 Å². The number of alkyl halides is 2. The second-order valence-electron chi connectivity index (χ2n) is 31.3. The summed E-state index contributed by atoms with van der Waals surface area (Å²) in [5, 5.41) is 42.6. The van der Waals surface area contributed by atoms with Gasteiger partial charge in [-0.25, -0.2) is 68.7 Å². The molecule has 6 aromatic rings. The lowest BCUT2D eigenvalue weighted by Gasteiger charge is -2.31. The molecule has 2 saturated heterocycles. The summed E-state index contributed by atoms with van der Waals surface area (Å²) in [6.45, 7) is 12.7. The fourth-order valence-corrected chi connectivity index (χ4v) is 16.1. The number of nitriles is 4. The van der Waals surface area contributed by atoms with E-state index < -0.39 is 99.7 Å². The summed E-state index contributed by atoms with van der Waals surface area (Å²) in [4.78, 5) is 127. The van der Waals surface area contributed by atoms with Crippen LogP contribution < -0.4 is 46.6 Å². The van der Waals surface area contributed by atoms with Crippen molar-refractivity contribution in [3.63, 3.8) is 0 Å². The van der Waals surface area contributed by atoms with Gasteiger partial charge in [0, 0.05) is 76.4 Å². The van der Waals surface area contributed by atoms with Crippen molar-refractivity contribution in [3.05, 3.63) is 154 Å². The number of anilines is 8. The van der Waals surface area contributed by atoms with E-state index in [1.807, 2.05) is 47.7 Å². The highest BCUT2D eigenvalue weighted by atomic mass is 127. The van der Waals surface area contributed by atoms with Gasteiger partial charge in [0.1, 0.15) is 81.7 Å². The predicted molar refractivity (Wildman–Crippen MR) is 488 cm³/mol. The Morgan fingerprint density at radius 1 is 0.481 bits per heavy atom. The average Bonchev–Trinajstić information content (AvgIpc) is 1.45. The molecule has 6 aliphatic rings.